The topological polar surface area (TPSA) is 109 Å². The fourth-order valence-corrected chi connectivity index (χ4v) is 6.55. The number of benzene rings is 2. The van der Waals surface area contributed by atoms with E-state index >= 15 is 0 Å². The minimum atomic E-state index is -0.0686. The van der Waals surface area contributed by atoms with Gasteiger partial charge < -0.3 is 14.6 Å². The second kappa shape index (κ2) is 11.0. The molecule has 0 saturated heterocycles. The van der Waals surface area contributed by atoms with Crippen molar-refractivity contribution in [1.29, 1.82) is 5.26 Å². The molecular weight excluding hydrogens is 538 g/mol. The predicted octanol–water partition coefficient (Wildman–Crippen LogP) is 5.50. The van der Waals surface area contributed by atoms with Crippen LogP contribution in [0.15, 0.2) is 54.9 Å². The van der Waals surface area contributed by atoms with E-state index in [0.29, 0.717) is 36.2 Å². The summed E-state index contributed by atoms with van der Waals surface area (Å²) in [5.74, 6) is 1.69. The van der Waals surface area contributed by atoms with Gasteiger partial charge in [0.15, 0.2) is 5.82 Å². The van der Waals surface area contributed by atoms with Gasteiger partial charge >= 0.3 is 0 Å². The van der Waals surface area contributed by atoms with Crippen molar-refractivity contribution in [2.45, 2.75) is 63.1 Å². The Balaban J connectivity index is 1.18. The first kappa shape index (κ1) is 27.4. The third-order valence-corrected chi connectivity index (χ3v) is 9.22. The molecule has 0 spiro atoms. The molecule has 1 aliphatic heterocycles. The van der Waals surface area contributed by atoms with E-state index in [1.165, 1.54) is 12.8 Å². The summed E-state index contributed by atoms with van der Waals surface area (Å²) in [6, 6.07) is 18.2. The Morgan fingerprint density at radius 1 is 1.07 bits per heavy atom. The first-order valence-corrected chi connectivity index (χ1v) is 15.1. The molecule has 0 bridgehead atoms. The van der Waals surface area contributed by atoms with Gasteiger partial charge in [-0.15, -0.1) is 10.2 Å². The molecule has 1 N–H and O–H groups in total. The smallest absolute Gasteiger partial charge is 0.260 e. The summed E-state index contributed by atoms with van der Waals surface area (Å²) >= 11 is 0. The van der Waals surface area contributed by atoms with Gasteiger partial charge in [-0.1, -0.05) is 31.0 Å². The first-order chi connectivity index (χ1) is 21.0. The highest BCUT2D eigenvalue weighted by Gasteiger charge is 2.34. The fraction of sp³-hybridized carbons (Fsp3) is 0.382. The standard InChI is InChI=1S/C34H35N7O2/c1-40-21-37-39-32(40)29-13-22(17-35)6-10-27(29)26-15-30(24-8-9-24)38-31(16-26)41-19-25-7-5-23(14-28(25)33(41)42)18-36-20-34(43-2)11-3-4-12-34/h5-7,10,13-16,21,24,36H,3-4,8-9,11-12,18-20H2,1-2H3. The summed E-state index contributed by atoms with van der Waals surface area (Å²) in [5, 5.41) is 21.6. The molecule has 218 valence electrons. The van der Waals surface area contributed by atoms with Crippen LogP contribution >= 0.6 is 0 Å². The van der Waals surface area contributed by atoms with Gasteiger partial charge in [-0.05, 0) is 78.3 Å². The Kier molecular flexibility index (Phi) is 7.04. The minimum Gasteiger partial charge on any atom is -0.377 e. The molecule has 3 aliphatic rings. The Hall–Kier alpha value is -4.39. The molecule has 0 atom stereocenters. The fourth-order valence-electron chi connectivity index (χ4n) is 6.55. The van der Waals surface area contributed by atoms with Crippen LogP contribution in [0, 0.1) is 11.3 Å². The second-order valence-corrected chi connectivity index (χ2v) is 12.1. The summed E-state index contributed by atoms with van der Waals surface area (Å²) in [6.07, 6.45) is 8.44. The molecule has 4 aromatic rings. The quantitative estimate of drug-likeness (QED) is 0.282. The van der Waals surface area contributed by atoms with Crippen molar-refractivity contribution in [3.63, 3.8) is 0 Å². The molecule has 3 heterocycles. The highest BCUT2D eigenvalue weighted by Crippen LogP contribution is 2.43. The van der Waals surface area contributed by atoms with Gasteiger partial charge in [-0.2, -0.15) is 5.26 Å². The molecule has 1 amide bonds. The lowest BCUT2D eigenvalue weighted by Gasteiger charge is -2.27. The van der Waals surface area contributed by atoms with Gasteiger partial charge in [-0.25, -0.2) is 4.98 Å². The van der Waals surface area contributed by atoms with Crippen molar-refractivity contribution < 1.29 is 9.53 Å². The molecular formula is C34H35N7O2. The molecule has 7 rings (SSSR count). The number of amides is 1. The highest BCUT2D eigenvalue weighted by atomic mass is 16.5. The van der Waals surface area contributed by atoms with Gasteiger partial charge in [0.25, 0.3) is 5.91 Å². The van der Waals surface area contributed by atoms with Crippen molar-refractivity contribution in [3.8, 4) is 28.6 Å². The first-order valence-electron chi connectivity index (χ1n) is 15.1. The van der Waals surface area contributed by atoms with Gasteiger partial charge in [0, 0.05) is 50.0 Å². The molecule has 2 saturated carbocycles. The van der Waals surface area contributed by atoms with Crippen molar-refractivity contribution >= 4 is 11.7 Å². The van der Waals surface area contributed by atoms with Crippen LogP contribution in [0.4, 0.5) is 5.82 Å². The predicted molar refractivity (Wildman–Crippen MR) is 163 cm³/mol. The molecule has 2 aliphatic carbocycles. The maximum absolute atomic E-state index is 13.8. The van der Waals surface area contributed by atoms with E-state index in [4.69, 9.17) is 9.72 Å². The zero-order valence-corrected chi connectivity index (χ0v) is 24.6. The van der Waals surface area contributed by atoms with E-state index in [2.05, 4.69) is 39.8 Å². The molecule has 0 radical (unpaired) electrons. The third-order valence-electron chi connectivity index (χ3n) is 9.22. The Morgan fingerprint density at radius 3 is 2.63 bits per heavy atom. The summed E-state index contributed by atoms with van der Waals surface area (Å²) in [6.45, 7) is 1.99. The summed E-state index contributed by atoms with van der Waals surface area (Å²) in [7, 11) is 3.70. The van der Waals surface area contributed by atoms with Gasteiger partial charge in [0.2, 0.25) is 0 Å². The van der Waals surface area contributed by atoms with Gasteiger partial charge in [0.1, 0.15) is 12.1 Å². The maximum atomic E-state index is 13.8. The average Bonchev–Trinajstić information content (AvgIpc) is 3.49. The molecule has 2 aromatic carbocycles. The number of nitriles is 1. The van der Waals surface area contributed by atoms with Crippen molar-refractivity contribution in [3.05, 3.63) is 82.8 Å². The van der Waals surface area contributed by atoms with Crippen molar-refractivity contribution in [2.24, 2.45) is 7.05 Å². The monoisotopic (exact) mass is 573 g/mol. The maximum Gasteiger partial charge on any atom is 0.260 e. The summed E-state index contributed by atoms with van der Waals surface area (Å²) in [4.78, 5) is 20.6. The minimum absolute atomic E-state index is 0.0271. The van der Waals surface area contributed by atoms with Crippen molar-refractivity contribution in [2.75, 3.05) is 18.6 Å². The SMILES string of the molecule is COC1(CNCc2ccc3c(c2)C(=O)N(c2cc(-c4ccc(C#N)cc4-c4nncn4C)cc(C4CC4)n2)C3)CCCC1. The number of carbonyl (C=O) groups is 1. The van der Waals surface area contributed by atoms with Crippen LogP contribution in [0.1, 0.15) is 77.2 Å². The number of rotatable bonds is 9. The average molecular weight is 574 g/mol. The van der Waals surface area contributed by atoms with Crippen LogP contribution in [-0.2, 0) is 24.9 Å². The van der Waals surface area contributed by atoms with E-state index in [0.717, 1.165) is 71.3 Å². The number of anilines is 1. The van der Waals surface area contributed by atoms with Gasteiger partial charge in [-0.3, -0.25) is 9.69 Å². The number of aromatic nitrogens is 4. The molecule has 0 unspecified atom stereocenters. The van der Waals surface area contributed by atoms with E-state index in [1.807, 2.05) is 49.1 Å². The third kappa shape index (κ3) is 5.22. The number of nitrogens with one attached hydrogen (secondary N) is 1. The number of aryl methyl sites for hydroxylation is 1. The second-order valence-electron chi connectivity index (χ2n) is 12.1. The number of pyridine rings is 1. The zero-order valence-electron chi connectivity index (χ0n) is 24.6. The number of fused-ring (bicyclic) bond motifs is 1. The van der Waals surface area contributed by atoms with Gasteiger partial charge in [0.05, 0.1) is 23.8 Å². The van der Waals surface area contributed by atoms with Crippen molar-refractivity contribution in [1.82, 2.24) is 25.1 Å². The van der Waals surface area contributed by atoms with E-state index in [9.17, 15) is 10.1 Å². The van der Waals surface area contributed by atoms with E-state index in [1.54, 1.807) is 11.2 Å². The highest BCUT2D eigenvalue weighted by molar-refractivity contribution is 6.10. The van der Waals surface area contributed by atoms with Crippen LogP contribution in [-0.4, -0.2) is 44.9 Å². The van der Waals surface area contributed by atoms with Crippen LogP contribution in [0.3, 0.4) is 0 Å². The molecule has 2 fully saturated rings. The van der Waals surface area contributed by atoms with E-state index in [-0.39, 0.29) is 11.5 Å². The number of carbonyl (C=O) groups excluding carboxylic acids is 1. The largest absolute Gasteiger partial charge is 0.377 e. The Morgan fingerprint density at radius 2 is 1.91 bits per heavy atom. The normalized spacial score (nSPS) is 17.3. The lowest BCUT2D eigenvalue weighted by atomic mass is 9.96. The Labute approximate surface area is 251 Å². The summed E-state index contributed by atoms with van der Waals surface area (Å²) in [5.41, 5.74) is 7.00. The summed E-state index contributed by atoms with van der Waals surface area (Å²) < 4.78 is 7.70. The number of nitrogens with zero attached hydrogens (tertiary/aromatic N) is 6. The molecule has 9 nitrogen and oxygen atoms in total. The zero-order chi connectivity index (χ0) is 29.6. The molecule has 9 heteroatoms. The number of ether oxygens (including phenoxy) is 1. The molecule has 2 aromatic heterocycles. The van der Waals surface area contributed by atoms with E-state index < -0.39 is 0 Å². The van der Waals surface area contributed by atoms with Crippen LogP contribution in [0.25, 0.3) is 22.5 Å². The van der Waals surface area contributed by atoms with Crippen LogP contribution in [0.5, 0.6) is 0 Å². The Bertz CT molecular complexity index is 1740. The number of hydrogen-bond acceptors (Lipinski definition) is 7. The lowest BCUT2D eigenvalue weighted by Crippen LogP contribution is -2.39. The number of methoxy groups -OCH3 is 1. The lowest BCUT2D eigenvalue weighted by molar-refractivity contribution is -0.00344. The van der Waals surface area contributed by atoms with Crippen LogP contribution in [0.2, 0.25) is 0 Å². The number of hydrogen-bond donors (Lipinski definition) is 1. The van der Waals surface area contributed by atoms with Crippen LogP contribution < -0.4 is 10.2 Å². The molecule has 43 heavy (non-hydrogen) atoms.